The van der Waals surface area contributed by atoms with E-state index in [9.17, 15) is 4.79 Å². The topological polar surface area (TPSA) is 62.0 Å². The monoisotopic (exact) mass is 216 g/mol. The molecule has 0 fully saturated rings. The third kappa shape index (κ3) is 2.00. The molecule has 16 heavy (non-hydrogen) atoms. The Balaban J connectivity index is 2.30. The fourth-order valence-corrected chi connectivity index (χ4v) is 1.66. The Morgan fingerprint density at radius 1 is 1.31 bits per heavy atom. The van der Waals surface area contributed by atoms with E-state index in [1.54, 1.807) is 6.92 Å². The number of carbonyl (C=O) groups is 1. The maximum absolute atomic E-state index is 11.0. The molecule has 0 saturated carbocycles. The molecule has 0 aromatic heterocycles. The van der Waals surface area contributed by atoms with Gasteiger partial charge in [0.2, 0.25) is 0 Å². The summed E-state index contributed by atoms with van der Waals surface area (Å²) < 4.78 is 0. The highest BCUT2D eigenvalue weighted by molar-refractivity contribution is 6.10. The Kier molecular flexibility index (Phi) is 2.81. The summed E-state index contributed by atoms with van der Waals surface area (Å²) in [4.78, 5) is 11.0. The molecule has 1 aromatic carbocycles. The molecule has 1 aliphatic heterocycles. The van der Waals surface area contributed by atoms with Crippen molar-refractivity contribution in [2.45, 2.75) is 13.3 Å². The molecule has 1 N–H and O–H groups in total. The summed E-state index contributed by atoms with van der Waals surface area (Å²) in [7, 11) is 0. The molecular weight excluding hydrogens is 204 g/mol. The molecule has 1 heterocycles. The van der Waals surface area contributed by atoms with Gasteiger partial charge < -0.3 is 5.11 Å². The zero-order chi connectivity index (χ0) is 11.5. The molecule has 0 radical (unpaired) electrons. The average Bonchev–Trinajstić information content (AvgIpc) is 2.30. The smallest absolute Gasteiger partial charge is 0.312 e. The van der Waals surface area contributed by atoms with Crippen LogP contribution in [0, 0.1) is 5.92 Å². The van der Waals surface area contributed by atoms with Gasteiger partial charge in [-0.2, -0.15) is 10.2 Å². The van der Waals surface area contributed by atoms with Gasteiger partial charge >= 0.3 is 5.97 Å². The van der Waals surface area contributed by atoms with Gasteiger partial charge in [-0.3, -0.25) is 4.79 Å². The van der Waals surface area contributed by atoms with Crippen LogP contribution in [0.15, 0.2) is 40.5 Å². The third-order valence-corrected chi connectivity index (χ3v) is 2.64. The second kappa shape index (κ2) is 4.26. The second-order valence-electron chi connectivity index (χ2n) is 3.75. The molecule has 0 amide bonds. The zero-order valence-electron chi connectivity index (χ0n) is 8.92. The molecule has 1 unspecified atom stereocenters. The Hall–Kier alpha value is -1.97. The predicted octanol–water partition coefficient (Wildman–Crippen LogP) is 1.96. The Morgan fingerprint density at radius 2 is 2.00 bits per heavy atom. The summed E-state index contributed by atoms with van der Waals surface area (Å²) in [6.07, 6.45) is 0.411. The Morgan fingerprint density at radius 3 is 2.62 bits per heavy atom. The first-order valence-corrected chi connectivity index (χ1v) is 5.07. The highest BCUT2D eigenvalue weighted by atomic mass is 16.4. The standard InChI is InChI=1S/C12H12N2O2/c1-8-10(12(15)16)7-11(14-13-8)9-5-3-2-4-6-9/h2-6,10H,7H2,1H3,(H,15,16). The first kappa shape index (κ1) is 10.5. The molecule has 0 spiro atoms. The molecule has 0 saturated heterocycles. The minimum atomic E-state index is -0.843. The van der Waals surface area contributed by atoms with Crippen molar-refractivity contribution < 1.29 is 9.90 Å². The van der Waals surface area contributed by atoms with Gasteiger partial charge in [-0.15, -0.1) is 0 Å². The van der Waals surface area contributed by atoms with Crippen LogP contribution in [0.2, 0.25) is 0 Å². The number of aliphatic carboxylic acids is 1. The van der Waals surface area contributed by atoms with Gasteiger partial charge in [-0.1, -0.05) is 30.3 Å². The summed E-state index contributed by atoms with van der Waals surface area (Å²) in [5.41, 5.74) is 2.23. The van der Waals surface area contributed by atoms with Crippen molar-refractivity contribution >= 4 is 17.4 Å². The van der Waals surface area contributed by atoms with Gasteiger partial charge in [0.15, 0.2) is 0 Å². The van der Waals surface area contributed by atoms with Gasteiger partial charge in [-0.25, -0.2) is 0 Å². The summed E-state index contributed by atoms with van der Waals surface area (Å²) in [6.45, 7) is 1.70. The third-order valence-electron chi connectivity index (χ3n) is 2.64. The van der Waals surface area contributed by atoms with Crippen molar-refractivity contribution in [3.63, 3.8) is 0 Å². The average molecular weight is 216 g/mol. The van der Waals surface area contributed by atoms with Crippen molar-refractivity contribution in [1.82, 2.24) is 0 Å². The zero-order valence-corrected chi connectivity index (χ0v) is 8.92. The summed E-state index contributed by atoms with van der Waals surface area (Å²) in [5.74, 6) is -1.39. The summed E-state index contributed by atoms with van der Waals surface area (Å²) in [5, 5.41) is 17.0. The molecule has 82 valence electrons. The molecule has 1 atom stereocenters. The van der Waals surface area contributed by atoms with Gasteiger partial charge in [-0.05, 0) is 12.5 Å². The largest absolute Gasteiger partial charge is 0.481 e. The first-order chi connectivity index (χ1) is 7.68. The van der Waals surface area contributed by atoms with Crippen molar-refractivity contribution in [2.75, 3.05) is 0 Å². The van der Waals surface area contributed by atoms with E-state index >= 15 is 0 Å². The van der Waals surface area contributed by atoms with E-state index in [0.717, 1.165) is 11.3 Å². The van der Waals surface area contributed by atoms with Crippen molar-refractivity contribution in [3.05, 3.63) is 35.9 Å². The van der Waals surface area contributed by atoms with Crippen LogP contribution in [0.3, 0.4) is 0 Å². The number of carboxylic acid groups (broad SMARTS) is 1. The number of nitrogens with zero attached hydrogens (tertiary/aromatic N) is 2. The minimum absolute atomic E-state index is 0.411. The van der Waals surface area contributed by atoms with Crippen LogP contribution in [0.4, 0.5) is 0 Å². The fourth-order valence-electron chi connectivity index (χ4n) is 1.66. The van der Waals surface area contributed by atoms with Crippen LogP contribution in [-0.4, -0.2) is 22.5 Å². The van der Waals surface area contributed by atoms with Crippen molar-refractivity contribution in [1.29, 1.82) is 0 Å². The SMILES string of the molecule is CC1=NN=C(c2ccccc2)CC1C(=O)O. The van der Waals surface area contributed by atoms with Crippen molar-refractivity contribution in [2.24, 2.45) is 16.1 Å². The molecule has 1 aliphatic rings. The molecule has 4 heteroatoms. The van der Waals surface area contributed by atoms with Gasteiger partial charge in [0.25, 0.3) is 0 Å². The highest BCUT2D eigenvalue weighted by Gasteiger charge is 2.26. The van der Waals surface area contributed by atoms with E-state index in [1.165, 1.54) is 0 Å². The number of carboxylic acids is 1. The number of rotatable bonds is 2. The lowest BCUT2D eigenvalue weighted by atomic mass is 9.93. The number of benzene rings is 1. The lowest BCUT2D eigenvalue weighted by Gasteiger charge is -2.16. The van der Waals surface area contributed by atoms with Crippen LogP contribution in [-0.2, 0) is 4.79 Å². The van der Waals surface area contributed by atoms with Gasteiger partial charge in [0.05, 0.1) is 11.4 Å². The van der Waals surface area contributed by atoms with E-state index in [-0.39, 0.29) is 0 Å². The predicted molar refractivity (Wildman–Crippen MR) is 61.8 cm³/mol. The van der Waals surface area contributed by atoms with E-state index in [0.29, 0.717) is 12.1 Å². The normalized spacial score (nSPS) is 19.9. The number of hydrogen-bond acceptors (Lipinski definition) is 3. The van der Waals surface area contributed by atoms with E-state index in [2.05, 4.69) is 10.2 Å². The van der Waals surface area contributed by atoms with Gasteiger partial charge in [0.1, 0.15) is 5.92 Å². The van der Waals surface area contributed by atoms with E-state index in [4.69, 9.17) is 5.11 Å². The molecule has 0 bridgehead atoms. The van der Waals surface area contributed by atoms with E-state index < -0.39 is 11.9 Å². The lowest BCUT2D eigenvalue weighted by Crippen LogP contribution is -2.27. The first-order valence-electron chi connectivity index (χ1n) is 5.07. The maximum atomic E-state index is 11.0. The van der Waals surface area contributed by atoms with E-state index in [1.807, 2.05) is 30.3 Å². The maximum Gasteiger partial charge on any atom is 0.312 e. The summed E-state index contributed by atoms with van der Waals surface area (Å²) in [6, 6.07) is 9.54. The highest BCUT2D eigenvalue weighted by Crippen LogP contribution is 2.17. The van der Waals surface area contributed by atoms with Crippen molar-refractivity contribution in [3.8, 4) is 0 Å². The van der Waals surface area contributed by atoms with Crippen LogP contribution in [0.25, 0.3) is 0 Å². The van der Waals surface area contributed by atoms with Crippen LogP contribution >= 0.6 is 0 Å². The molecular formula is C12H12N2O2. The second-order valence-corrected chi connectivity index (χ2v) is 3.75. The Bertz CT molecular complexity index is 463. The van der Waals surface area contributed by atoms with Crippen LogP contribution in [0.5, 0.6) is 0 Å². The molecule has 0 aliphatic carbocycles. The Labute approximate surface area is 93.3 Å². The molecule has 2 rings (SSSR count). The molecule has 1 aromatic rings. The minimum Gasteiger partial charge on any atom is -0.481 e. The number of hydrogen-bond donors (Lipinski definition) is 1. The fraction of sp³-hybridized carbons (Fsp3) is 0.250. The summed E-state index contributed by atoms with van der Waals surface area (Å²) >= 11 is 0. The van der Waals surface area contributed by atoms with Crippen LogP contribution < -0.4 is 0 Å². The lowest BCUT2D eigenvalue weighted by molar-refractivity contribution is -0.139. The quantitative estimate of drug-likeness (QED) is 0.821. The van der Waals surface area contributed by atoms with Crippen LogP contribution in [0.1, 0.15) is 18.9 Å². The molecule has 4 nitrogen and oxygen atoms in total. The van der Waals surface area contributed by atoms with Gasteiger partial charge in [0, 0.05) is 6.42 Å².